The molecule has 0 saturated carbocycles. The number of hydrogen-bond acceptors (Lipinski definition) is 5. The lowest BCUT2D eigenvalue weighted by molar-refractivity contribution is 0.0781. The van der Waals surface area contributed by atoms with Crippen LogP contribution in [-0.4, -0.2) is 44.6 Å². The molecule has 1 amide bonds. The summed E-state index contributed by atoms with van der Waals surface area (Å²) in [4.78, 5) is 43.8. The molecule has 1 fully saturated rings. The molecule has 3 heterocycles. The molecule has 2 N–H and O–H groups in total. The van der Waals surface area contributed by atoms with E-state index in [1.165, 1.54) is 18.7 Å². The number of carbonyl (C=O) groups excluding carboxylic acids is 1. The fourth-order valence-electron chi connectivity index (χ4n) is 4.09. The van der Waals surface area contributed by atoms with Crippen LogP contribution in [0, 0.1) is 5.92 Å². The molecular formula is C21H23N5O3. The minimum Gasteiger partial charge on any atom is -0.336 e. The van der Waals surface area contributed by atoms with Crippen molar-refractivity contribution < 1.29 is 4.79 Å². The zero-order valence-electron chi connectivity index (χ0n) is 16.4. The van der Waals surface area contributed by atoms with Gasteiger partial charge in [0.15, 0.2) is 0 Å². The average molecular weight is 393 g/mol. The molecule has 1 saturated heterocycles. The second-order valence-corrected chi connectivity index (χ2v) is 7.50. The summed E-state index contributed by atoms with van der Waals surface area (Å²) in [5.74, 6) is 0.109. The van der Waals surface area contributed by atoms with E-state index in [4.69, 9.17) is 5.73 Å². The fourth-order valence-corrected chi connectivity index (χ4v) is 4.09. The third kappa shape index (κ3) is 3.15. The molecule has 2 atom stereocenters. The maximum Gasteiger partial charge on any atom is 0.332 e. The van der Waals surface area contributed by atoms with E-state index in [2.05, 4.69) is 17.1 Å². The predicted molar refractivity (Wildman–Crippen MR) is 110 cm³/mol. The van der Waals surface area contributed by atoms with E-state index in [0.29, 0.717) is 25.0 Å². The number of nitrogens with zero attached hydrogens (tertiary/aromatic N) is 4. The van der Waals surface area contributed by atoms with Gasteiger partial charge in [-0.3, -0.25) is 18.7 Å². The monoisotopic (exact) mass is 393 g/mol. The quantitative estimate of drug-likeness (QED) is 0.696. The van der Waals surface area contributed by atoms with Crippen molar-refractivity contribution in [3.63, 3.8) is 0 Å². The third-order valence-corrected chi connectivity index (χ3v) is 5.78. The summed E-state index contributed by atoms with van der Waals surface area (Å²) < 4.78 is 2.31. The van der Waals surface area contributed by atoms with Gasteiger partial charge in [-0.15, -0.1) is 0 Å². The van der Waals surface area contributed by atoms with E-state index in [1.807, 2.05) is 18.2 Å². The molecule has 0 radical (unpaired) electrons. The SMILES string of the molecule is Cn1c(=O)c2ccc(C(=O)N3C[C@@H](CN)[C@H](c4ccccc4)C3)nc2n(C)c1=O. The number of carbonyl (C=O) groups is 1. The van der Waals surface area contributed by atoms with Crippen LogP contribution in [0.4, 0.5) is 0 Å². The van der Waals surface area contributed by atoms with Crippen molar-refractivity contribution in [2.45, 2.75) is 5.92 Å². The Hall–Kier alpha value is -3.26. The number of likely N-dealkylation sites (tertiary alicyclic amines) is 1. The molecule has 1 aliphatic heterocycles. The van der Waals surface area contributed by atoms with E-state index < -0.39 is 11.2 Å². The van der Waals surface area contributed by atoms with Gasteiger partial charge in [0.05, 0.1) is 5.39 Å². The lowest BCUT2D eigenvalue weighted by Crippen LogP contribution is -2.37. The number of pyridine rings is 1. The largest absolute Gasteiger partial charge is 0.336 e. The Morgan fingerprint density at radius 2 is 1.79 bits per heavy atom. The summed E-state index contributed by atoms with van der Waals surface area (Å²) in [6.45, 7) is 1.59. The molecule has 0 spiro atoms. The van der Waals surface area contributed by atoms with E-state index in [-0.39, 0.29) is 29.1 Å². The second-order valence-electron chi connectivity index (χ2n) is 7.50. The fraction of sp³-hybridized carbons (Fsp3) is 0.333. The molecular weight excluding hydrogens is 370 g/mol. The zero-order chi connectivity index (χ0) is 20.7. The zero-order valence-corrected chi connectivity index (χ0v) is 16.4. The highest BCUT2D eigenvalue weighted by Crippen LogP contribution is 2.32. The Bertz CT molecular complexity index is 1200. The number of fused-ring (bicyclic) bond motifs is 1. The molecule has 29 heavy (non-hydrogen) atoms. The molecule has 150 valence electrons. The molecule has 0 unspecified atom stereocenters. The van der Waals surface area contributed by atoms with Crippen molar-refractivity contribution >= 4 is 16.9 Å². The number of aromatic nitrogens is 3. The lowest BCUT2D eigenvalue weighted by Gasteiger charge is -2.17. The minimum atomic E-state index is -0.479. The Labute approximate surface area is 167 Å². The Morgan fingerprint density at radius 1 is 1.07 bits per heavy atom. The van der Waals surface area contributed by atoms with Crippen LogP contribution in [0.3, 0.4) is 0 Å². The van der Waals surface area contributed by atoms with Gasteiger partial charge in [-0.1, -0.05) is 30.3 Å². The smallest absolute Gasteiger partial charge is 0.332 e. The number of aryl methyl sites for hydroxylation is 1. The normalized spacial score (nSPS) is 19.1. The van der Waals surface area contributed by atoms with Crippen LogP contribution in [-0.2, 0) is 14.1 Å². The van der Waals surface area contributed by atoms with Crippen LogP contribution >= 0.6 is 0 Å². The predicted octanol–water partition coefficient (Wildman–Crippen LogP) is 0.447. The molecule has 0 bridgehead atoms. The minimum absolute atomic E-state index is 0.165. The van der Waals surface area contributed by atoms with Gasteiger partial charge in [-0.2, -0.15) is 0 Å². The molecule has 3 aromatic rings. The number of nitrogens with two attached hydrogens (primary N) is 1. The van der Waals surface area contributed by atoms with Gasteiger partial charge >= 0.3 is 5.69 Å². The van der Waals surface area contributed by atoms with Crippen LogP contribution in [0.15, 0.2) is 52.1 Å². The van der Waals surface area contributed by atoms with Gasteiger partial charge in [0.2, 0.25) is 0 Å². The highest BCUT2D eigenvalue weighted by atomic mass is 16.2. The molecule has 1 aliphatic rings. The first-order valence-electron chi connectivity index (χ1n) is 9.53. The van der Waals surface area contributed by atoms with Crippen molar-refractivity contribution in [3.05, 3.63) is 74.6 Å². The summed E-state index contributed by atoms with van der Waals surface area (Å²) in [7, 11) is 2.96. The first kappa shape index (κ1) is 19.1. The van der Waals surface area contributed by atoms with E-state index in [1.54, 1.807) is 17.0 Å². The molecule has 2 aromatic heterocycles. The van der Waals surface area contributed by atoms with Crippen LogP contribution in [0.25, 0.3) is 11.0 Å². The van der Waals surface area contributed by atoms with Crippen LogP contribution < -0.4 is 17.0 Å². The van der Waals surface area contributed by atoms with Gasteiger partial charge in [0, 0.05) is 33.1 Å². The third-order valence-electron chi connectivity index (χ3n) is 5.78. The van der Waals surface area contributed by atoms with Gasteiger partial charge in [0.1, 0.15) is 11.3 Å². The van der Waals surface area contributed by atoms with Gasteiger partial charge in [0.25, 0.3) is 11.5 Å². The van der Waals surface area contributed by atoms with Gasteiger partial charge in [-0.05, 0) is 30.2 Å². The van der Waals surface area contributed by atoms with E-state index in [0.717, 1.165) is 10.1 Å². The molecule has 4 rings (SSSR count). The van der Waals surface area contributed by atoms with E-state index in [9.17, 15) is 14.4 Å². The van der Waals surface area contributed by atoms with Crippen molar-refractivity contribution in [2.24, 2.45) is 25.7 Å². The Balaban J connectivity index is 1.69. The first-order chi connectivity index (χ1) is 13.9. The summed E-state index contributed by atoms with van der Waals surface area (Å²) in [6, 6.07) is 13.2. The molecule has 8 heteroatoms. The van der Waals surface area contributed by atoms with Crippen molar-refractivity contribution in [1.82, 2.24) is 19.0 Å². The van der Waals surface area contributed by atoms with Crippen molar-refractivity contribution in [2.75, 3.05) is 19.6 Å². The number of hydrogen-bond donors (Lipinski definition) is 1. The average Bonchev–Trinajstić information content (AvgIpc) is 3.20. The summed E-state index contributed by atoms with van der Waals surface area (Å²) in [5, 5.41) is 0.301. The molecule has 1 aromatic carbocycles. The summed E-state index contributed by atoms with van der Waals surface area (Å²) >= 11 is 0. The number of benzene rings is 1. The highest BCUT2D eigenvalue weighted by molar-refractivity contribution is 5.94. The van der Waals surface area contributed by atoms with Gasteiger partial charge in [-0.25, -0.2) is 9.78 Å². The van der Waals surface area contributed by atoms with Crippen molar-refractivity contribution in [3.8, 4) is 0 Å². The Morgan fingerprint density at radius 3 is 2.48 bits per heavy atom. The topological polar surface area (TPSA) is 103 Å². The molecule has 8 nitrogen and oxygen atoms in total. The highest BCUT2D eigenvalue weighted by Gasteiger charge is 2.36. The van der Waals surface area contributed by atoms with Crippen LogP contribution in [0.1, 0.15) is 22.0 Å². The van der Waals surface area contributed by atoms with E-state index >= 15 is 0 Å². The van der Waals surface area contributed by atoms with Gasteiger partial charge < -0.3 is 10.6 Å². The maximum absolute atomic E-state index is 13.1. The Kier molecular flexibility index (Phi) is 4.79. The van der Waals surface area contributed by atoms with Crippen LogP contribution in [0.2, 0.25) is 0 Å². The lowest BCUT2D eigenvalue weighted by atomic mass is 9.89. The second kappa shape index (κ2) is 7.29. The summed E-state index contributed by atoms with van der Waals surface area (Å²) in [6.07, 6.45) is 0. The maximum atomic E-state index is 13.1. The summed E-state index contributed by atoms with van der Waals surface area (Å²) in [5.41, 5.74) is 6.65. The first-order valence-corrected chi connectivity index (χ1v) is 9.53. The number of amides is 1. The number of rotatable bonds is 3. The van der Waals surface area contributed by atoms with Crippen molar-refractivity contribution in [1.29, 1.82) is 0 Å². The van der Waals surface area contributed by atoms with Crippen LogP contribution in [0.5, 0.6) is 0 Å². The molecule has 0 aliphatic carbocycles. The standard InChI is InChI=1S/C21H23N5O3/c1-24-18-15(19(27)25(2)21(24)29)8-9-17(23-18)20(28)26-11-14(10-22)16(12-26)13-6-4-3-5-7-13/h3-9,14,16H,10-12,22H2,1-2H3/t14-,16+/m1/s1.